The maximum Gasteiger partial charge on any atom is 0.244 e. The standard InChI is InChI=1S/C21H32N4O2/c1-4-24(5-2)13-11-21(10-9-17(3)26)12-14-25(23-20(21)27)19-8-6-7-18(15-19)16-22/h6-8,15,17,26H,4-5,9-14H2,1-3H3,(H,23,27). The van der Waals surface area contributed by atoms with Crippen LogP contribution in [0.4, 0.5) is 5.69 Å². The zero-order valence-electron chi connectivity index (χ0n) is 16.7. The molecule has 2 unspecified atom stereocenters. The van der Waals surface area contributed by atoms with E-state index in [-0.39, 0.29) is 5.91 Å². The molecule has 1 aromatic carbocycles. The van der Waals surface area contributed by atoms with Crippen molar-refractivity contribution >= 4 is 11.6 Å². The molecule has 0 aromatic heterocycles. The zero-order chi connectivity index (χ0) is 19.9. The minimum absolute atomic E-state index is 0.0175. The fraction of sp³-hybridized carbons (Fsp3) is 0.619. The summed E-state index contributed by atoms with van der Waals surface area (Å²) in [5.41, 5.74) is 3.99. The van der Waals surface area contributed by atoms with Crippen molar-refractivity contribution in [3.05, 3.63) is 29.8 Å². The number of hydrazine groups is 1. The molecule has 0 bridgehead atoms. The molecule has 0 saturated carbocycles. The number of benzene rings is 1. The fourth-order valence-electron chi connectivity index (χ4n) is 3.67. The Hall–Kier alpha value is -2.10. The second-order valence-electron chi connectivity index (χ2n) is 7.45. The largest absolute Gasteiger partial charge is 0.393 e. The molecular weight excluding hydrogens is 340 g/mol. The van der Waals surface area contributed by atoms with Crippen LogP contribution in [0.2, 0.25) is 0 Å². The highest BCUT2D eigenvalue weighted by molar-refractivity contribution is 5.85. The van der Waals surface area contributed by atoms with Gasteiger partial charge in [-0.2, -0.15) is 5.26 Å². The highest BCUT2D eigenvalue weighted by atomic mass is 16.3. The molecule has 2 N–H and O–H groups in total. The van der Waals surface area contributed by atoms with E-state index in [1.54, 1.807) is 19.1 Å². The number of nitriles is 1. The molecule has 6 heteroatoms. The third-order valence-electron chi connectivity index (χ3n) is 5.66. The van der Waals surface area contributed by atoms with Gasteiger partial charge in [-0.3, -0.25) is 15.2 Å². The Morgan fingerprint density at radius 2 is 2.11 bits per heavy atom. The van der Waals surface area contributed by atoms with Crippen LogP contribution in [0.1, 0.15) is 52.0 Å². The van der Waals surface area contributed by atoms with Crippen LogP contribution < -0.4 is 10.4 Å². The summed E-state index contributed by atoms with van der Waals surface area (Å²) in [6.07, 6.45) is 2.43. The number of hydrogen-bond acceptors (Lipinski definition) is 5. The maximum atomic E-state index is 13.1. The third kappa shape index (κ3) is 5.44. The minimum Gasteiger partial charge on any atom is -0.393 e. The zero-order valence-corrected chi connectivity index (χ0v) is 16.7. The van der Waals surface area contributed by atoms with Gasteiger partial charge in [0.2, 0.25) is 5.91 Å². The van der Waals surface area contributed by atoms with Gasteiger partial charge in [0, 0.05) is 6.54 Å². The lowest BCUT2D eigenvalue weighted by molar-refractivity contribution is -0.135. The summed E-state index contributed by atoms with van der Waals surface area (Å²) < 4.78 is 0. The Bertz CT molecular complexity index is 666. The number of amides is 1. The summed E-state index contributed by atoms with van der Waals surface area (Å²) in [5.74, 6) is 0.0175. The van der Waals surface area contributed by atoms with Crippen molar-refractivity contribution in [2.24, 2.45) is 5.41 Å². The van der Waals surface area contributed by atoms with Crippen LogP contribution >= 0.6 is 0 Å². The van der Waals surface area contributed by atoms with E-state index in [2.05, 4.69) is 30.2 Å². The van der Waals surface area contributed by atoms with Gasteiger partial charge in [0.25, 0.3) is 0 Å². The van der Waals surface area contributed by atoms with Crippen LogP contribution in [0.15, 0.2) is 24.3 Å². The molecular formula is C21H32N4O2. The molecule has 1 saturated heterocycles. The van der Waals surface area contributed by atoms with E-state index in [0.29, 0.717) is 24.9 Å². The Balaban J connectivity index is 2.13. The van der Waals surface area contributed by atoms with Crippen molar-refractivity contribution in [1.29, 1.82) is 5.26 Å². The van der Waals surface area contributed by atoms with E-state index in [1.165, 1.54) is 0 Å². The molecule has 2 atom stereocenters. The molecule has 148 valence electrons. The van der Waals surface area contributed by atoms with Gasteiger partial charge in [-0.05, 0) is 70.4 Å². The Morgan fingerprint density at radius 1 is 1.37 bits per heavy atom. The Kier molecular flexibility index (Phi) is 7.64. The number of nitrogens with one attached hydrogen (secondary N) is 1. The van der Waals surface area contributed by atoms with Gasteiger partial charge in [-0.15, -0.1) is 0 Å². The number of aliphatic hydroxyl groups excluding tert-OH is 1. The normalized spacial score (nSPS) is 21.0. The number of hydrogen-bond donors (Lipinski definition) is 2. The molecule has 6 nitrogen and oxygen atoms in total. The van der Waals surface area contributed by atoms with E-state index in [4.69, 9.17) is 5.26 Å². The maximum absolute atomic E-state index is 13.1. The molecule has 2 rings (SSSR count). The van der Waals surface area contributed by atoms with Crippen LogP contribution in [-0.2, 0) is 4.79 Å². The summed E-state index contributed by atoms with van der Waals surface area (Å²) in [6, 6.07) is 9.42. The Morgan fingerprint density at radius 3 is 2.70 bits per heavy atom. The fourth-order valence-corrected chi connectivity index (χ4v) is 3.67. The predicted octanol–water partition coefficient (Wildman–Crippen LogP) is 2.68. The Labute approximate surface area is 162 Å². The number of rotatable bonds is 9. The number of aliphatic hydroxyl groups is 1. The SMILES string of the molecule is CCN(CC)CCC1(CCC(C)O)CCN(c2cccc(C#N)c2)NC1=O. The van der Waals surface area contributed by atoms with Crippen LogP contribution in [0, 0.1) is 16.7 Å². The average molecular weight is 373 g/mol. The summed E-state index contributed by atoms with van der Waals surface area (Å²) in [7, 11) is 0. The summed E-state index contributed by atoms with van der Waals surface area (Å²) in [4.78, 5) is 15.5. The van der Waals surface area contributed by atoms with E-state index >= 15 is 0 Å². The molecule has 1 heterocycles. The molecule has 1 aliphatic heterocycles. The predicted molar refractivity (Wildman–Crippen MR) is 107 cm³/mol. The number of anilines is 1. The van der Waals surface area contributed by atoms with Crippen molar-refractivity contribution in [3.63, 3.8) is 0 Å². The first-order valence-corrected chi connectivity index (χ1v) is 9.93. The molecule has 1 aliphatic rings. The first kappa shape index (κ1) is 21.2. The third-order valence-corrected chi connectivity index (χ3v) is 5.66. The van der Waals surface area contributed by atoms with Crippen LogP contribution in [0.5, 0.6) is 0 Å². The second kappa shape index (κ2) is 9.72. The molecule has 0 spiro atoms. The quantitative estimate of drug-likeness (QED) is 0.697. The lowest BCUT2D eigenvalue weighted by Crippen LogP contribution is -2.57. The van der Waals surface area contributed by atoms with Crippen LogP contribution in [-0.4, -0.2) is 48.2 Å². The van der Waals surface area contributed by atoms with Gasteiger partial charge in [-0.25, -0.2) is 0 Å². The monoisotopic (exact) mass is 372 g/mol. The van der Waals surface area contributed by atoms with Crippen LogP contribution in [0.25, 0.3) is 0 Å². The van der Waals surface area contributed by atoms with Gasteiger partial charge >= 0.3 is 0 Å². The number of carbonyl (C=O) groups is 1. The molecule has 1 amide bonds. The van der Waals surface area contributed by atoms with Gasteiger partial charge < -0.3 is 10.0 Å². The summed E-state index contributed by atoms with van der Waals surface area (Å²) in [6.45, 7) is 9.56. The van der Waals surface area contributed by atoms with Crippen molar-refractivity contribution in [2.45, 2.75) is 52.6 Å². The lowest BCUT2D eigenvalue weighted by Gasteiger charge is -2.43. The second-order valence-corrected chi connectivity index (χ2v) is 7.45. The van der Waals surface area contributed by atoms with Gasteiger partial charge in [0.15, 0.2) is 0 Å². The van der Waals surface area contributed by atoms with Crippen molar-refractivity contribution in [3.8, 4) is 6.07 Å². The highest BCUT2D eigenvalue weighted by Crippen LogP contribution is 2.37. The van der Waals surface area contributed by atoms with Gasteiger partial charge in [0.05, 0.1) is 28.8 Å². The van der Waals surface area contributed by atoms with Crippen molar-refractivity contribution in [2.75, 3.05) is 31.2 Å². The molecule has 0 aliphatic carbocycles. The van der Waals surface area contributed by atoms with Gasteiger partial charge in [-0.1, -0.05) is 19.9 Å². The topological polar surface area (TPSA) is 79.6 Å². The highest BCUT2D eigenvalue weighted by Gasteiger charge is 2.42. The summed E-state index contributed by atoms with van der Waals surface area (Å²) in [5, 5.41) is 20.7. The number of nitrogens with zero attached hydrogens (tertiary/aromatic N) is 3. The summed E-state index contributed by atoms with van der Waals surface area (Å²) >= 11 is 0. The minimum atomic E-state index is -0.455. The van der Waals surface area contributed by atoms with Crippen molar-refractivity contribution < 1.29 is 9.90 Å². The van der Waals surface area contributed by atoms with Gasteiger partial charge in [0.1, 0.15) is 0 Å². The number of carbonyl (C=O) groups excluding carboxylic acids is 1. The first-order valence-electron chi connectivity index (χ1n) is 9.93. The molecule has 1 fully saturated rings. The first-order chi connectivity index (χ1) is 12.9. The average Bonchev–Trinajstić information content (AvgIpc) is 2.68. The van der Waals surface area contributed by atoms with E-state index in [9.17, 15) is 9.90 Å². The lowest BCUT2D eigenvalue weighted by atomic mass is 9.74. The molecule has 0 radical (unpaired) electrons. The van der Waals surface area contributed by atoms with Crippen LogP contribution in [0.3, 0.4) is 0 Å². The van der Waals surface area contributed by atoms with Crippen molar-refractivity contribution in [1.82, 2.24) is 10.3 Å². The molecule has 1 aromatic rings. The van der Waals surface area contributed by atoms with E-state index in [0.717, 1.165) is 38.2 Å². The molecule has 27 heavy (non-hydrogen) atoms. The van der Waals surface area contributed by atoms with E-state index in [1.807, 2.05) is 17.1 Å². The van der Waals surface area contributed by atoms with E-state index < -0.39 is 11.5 Å². The smallest absolute Gasteiger partial charge is 0.244 e.